The van der Waals surface area contributed by atoms with Crippen LogP contribution in [0.4, 0.5) is 5.82 Å². The highest BCUT2D eigenvalue weighted by Crippen LogP contribution is 2.28. The average Bonchev–Trinajstić information content (AvgIpc) is 2.41. The van der Waals surface area contributed by atoms with Crippen LogP contribution in [0.2, 0.25) is 0 Å². The van der Waals surface area contributed by atoms with Crippen LogP contribution in [0, 0.1) is 0 Å². The van der Waals surface area contributed by atoms with Crippen molar-refractivity contribution in [3.63, 3.8) is 0 Å². The lowest BCUT2D eigenvalue weighted by molar-refractivity contribution is 0.902. The fourth-order valence-corrected chi connectivity index (χ4v) is 2.50. The molecule has 0 amide bonds. The first-order chi connectivity index (χ1) is 9.26. The van der Waals surface area contributed by atoms with Crippen molar-refractivity contribution < 1.29 is 0 Å². The molecule has 0 radical (unpaired) electrons. The summed E-state index contributed by atoms with van der Waals surface area (Å²) in [7, 11) is 0. The number of aromatic nitrogens is 2. The quantitative estimate of drug-likeness (QED) is 0.893. The van der Waals surface area contributed by atoms with E-state index < -0.39 is 0 Å². The third-order valence-corrected chi connectivity index (χ3v) is 3.38. The molecule has 0 fully saturated rings. The van der Waals surface area contributed by atoms with E-state index in [4.69, 9.17) is 0 Å². The normalized spacial score (nSPS) is 10.5. The molecule has 19 heavy (non-hydrogen) atoms. The molecule has 0 saturated heterocycles. The first-order valence-electron chi connectivity index (χ1n) is 6.60. The molecule has 2 rings (SSSR count). The van der Waals surface area contributed by atoms with Gasteiger partial charge in [-0.2, -0.15) is 0 Å². The molecular formula is C15H18BrN3. The van der Waals surface area contributed by atoms with Crippen LogP contribution in [0.1, 0.15) is 25.8 Å². The molecular weight excluding hydrogens is 302 g/mol. The van der Waals surface area contributed by atoms with Gasteiger partial charge in [-0.15, -0.1) is 0 Å². The Labute approximate surface area is 122 Å². The molecule has 1 aromatic heterocycles. The molecule has 100 valence electrons. The molecule has 1 heterocycles. The molecule has 1 aromatic carbocycles. The second-order valence-corrected chi connectivity index (χ2v) is 5.26. The van der Waals surface area contributed by atoms with Gasteiger partial charge < -0.3 is 5.32 Å². The molecule has 3 nitrogen and oxygen atoms in total. The van der Waals surface area contributed by atoms with Gasteiger partial charge in [0.2, 0.25) is 0 Å². The van der Waals surface area contributed by atoms with Gasteiger partial charge in [-0.1, -0.05) is 41.4 Å². The van der Waals surface area contributed by atoms with Crippen molar-refractivity contribution >= 4 is 21.7 Å². The second-order valence-electron chi connectivity index (χ2n) is 4.34. The fourth-order valence-electron chi connectivity index (χ4n) is 2.10. The van der Waals surface area contributed by atoms with Crippen molar-refractivity contribution in [1.82, 2.24) is 9.97 Å². The zero-order valence-electron chi connectivity index (χ0n) is 11.3. The molecule has 2 aromatic rings. The smallest absolute Gasteiger partial charge is 0.133 e. The maximum absolute atomic E-state index is 4.48. The number of nitrogens with one attached hydrogen (secondary N) is 1. The summed E-state index contributed by atoms with van der Waals surface area (Å²) in [6.07, 6.45) is 3.69. The molecule has 0 bridgehead atoms. The third-order valence-electron chi connectivity index (χ3n) is 2.89. The lowest BCUT2D eigenvalue weighted by atomic mass is 10.0. The molecule has 4 heteroatoms. The van der Waals surface area contributed by atoms with Gasteiger partial charge in [0.1, 0.15) is 12.1 Å². The van der Waals surface area contributed by atoms with Gasteiger partial charge >= 0.3 is 0 Å². The largest absolute Gasteiger partial charge is 0.370 e. The Morgan fingerprint density at radius 3 is 2.74 bits per heavy atom. The Hall–Kier alpha value is -1.42. The van der Waals surface area contributed by atoms with Crippen molar-refractivity contribution in [2.45, 2.75) is 26.7 Å². The van der Waals surface area contributed by atoms with Gasteiger partial charge in [0.25, 0.3) is 0 Å². The van der Waals surface area contributed by atoms with Gasteiger partial charge in [0.05, 0.1) is 5.69 Å². The molecule has 1 N–H and O–H groups in total. The van der Waals surface area contributed by atoms with E-state index in [0.29, 0.717) is 0 Å². The van der Waals surface area contributed by atoms with Gasteiger partial charge in [-0.25, -0.2) is 9.97 Å². The zero-order chi connectivity index (χ0) is 13.7. The lowest BCUT2D eigenvalue weighted by Gasteiger charge is -2.13. The first kappa shape index (κ1) is 14.0. The standard InChI is InChI=1S/C15H18BrN3/c1-3-6-13-14(11-7-5-8-12(16)9-11)18-10-19-15(13)17-4-2/h5,7-10H,3-4,6H2,1-2H3,(H,17,18,19). The zero-order valence-corrected chi connectivity index (χ0v) is 12.9. The number of hydrogen-bond donors (Lipinski definition) is 1. The highest BCUT2D eigenvalue weighted by atomic mass is 79.9. The average molecular weight is 320 g/mol. The summed E-state index contributed by atoms with van der Waals surface area (Å²) in [6, 6.07) is 8.23. The van der Waals surface area contributed by atoms with Gasteiger partial charge in [0.15, 0.2) is 0 Å². The summed E-state index contributed by atoms with van der Waals surface area (Å²) in [4.78, 5) is 8.84. The highest BCUT2D eigenvalue weighted by molar-refractivity contribution is 9.10. The molecule has 0 spiro atoms. The molecule has 0 atom stereocenters. The van der Waals surface area contributed by atoms with Gasteiger partial charge in [-0.3, -0.25) is 0 Å². The van der Waals surface area contributed by atoms with Crippen molar-refractivity contribution in [3.05, 3.63) is 40.6 Å². The molecule has 0 unspecified atom stereocenters. The number of rotatable bonds is 5. The third kappa shape index (κ3) is 3.32. The van der Waals surface area contributed by atoms with Crippen molar-refractivity contribution in [2.24, 2.45) is 0 Å². The highest BCUT2D eigenvalue weighted by Gasteiger charge is 2.12. The summed E-state index contributed by atoms with van der Waals surface area (Å²) in [5.74, 6) is 0.953. The second kappa shape index (κ2) is 6.66. The van der Waals surface area contributed by atoms with E-state index in [9.17, 15) is 0 Å². The Morgan fingerprint density at radius 1 is 1.21 bits per heavy atom. The summed E-state index contributed by atoms with van der Waals surface area (Å²) < 4.78 is 1.07. The Morgan fingerprint density at radius 2 is 2.05 bits per heavy atom. The fraction of sp³-hybridized carbons (Fsp3) is 0.333. The minimum Gasteiger partial charge on any atom is -0.370 e. The van der Waals surface area contributed by atoms with Crippen molar-refractivity contribution in [3.8, 4) is 11.3 Å². The Kier molecular flexibility index (Phi) is 4.91. The summed E-state index contributed by atoms with van der Waals surface area (Å²) in [5, 5.41) is 3.32. The van der Waals surface area contributed by atoms with Crippen LogP contribution in [0.5, 0.6) is 0 Å². The maximum atomic E-state index is 4.48. The van der Waals surface area contributed by atoms with Crippen LogP contribution in [-0.2, 0) is 6.42 Å². The molecule has 0 aliphatic heterocycles. The van der Waals surface area contributed by atoms with Crippen LogP contribution in [0.3, 0.4) is 0 Å². The van der Waals surface area contributed by atoms with Crippen molar-refractivity contribution in [2.75, 3.05) is 11.9 Å². The summed E-state index contributed by atoms with van der Waals surface area (Å²) >= 11 is 3.51. The SMILES string of the molecule is CCCc1c(NCC)ncnc1-c1cccc(Br)c1. The van der Waals surface area contributed by atoms with E-state index in [0.717, 1.165) is 40.9 Å². The minimum atomic E-state index is 0.867. The van der Waals surface area contributed by atoms with E-state index in [1.807, 2.05) is 12.1 Å². The molecule has 0 saturated carbocycles. The maximum Gasteiger partial charge on any atom is 0.133 e. The number of hydrogen-bond acceptors (Lipinski definition) is 3. The molecule has 0 aliphatic carbocycles. The van der Waals surface area contributed by atoms with Crippen LogP contribution in [-0.4, -0.2) is 16.5 Å². The predicted molar refractivity (Wildman–Crippen MR) is 83.3 cm³/mol. The predicted octanol–water partition coefficient (Wildman–Crippen LogP) is 4.29. The number of nitrogens with zero attached hydrogens (tertiary/aromatic N) is 2. The van der Waals surface area contributed by atoms with Crippen LogP contribution < -0.4 is 5.32 Å². The number of halogens is 1. The monoisotopic (exact) mass is 319 g/mol. The van der Waals surface area contributed by atoms with Crippen LogP contribution in [0.25, 0.3) is 11.3 Å². The Bertz CT molecular complexity index is 555. The summed E-state index contributed by atoms with van der Waals surface area (Å²) in [6.45, 7) is 5.12. The minimum absolute atomic E-state index is 0.867. The van der Waals surface area contributed by atoms with Crippen LogP contribution >= 0.6 is 15.9 Å². The van der Waals surface area contributed by atoms with E-state index in [2.05, 4.69) is 57.2 Å². The number of anilines is 1. The summed E-state index contributed by atoms with van der Waals surface area (Å²) in [5.41, 5.74) is 3.35. The van der Waals surface area contributed by atoms with E-state index in [-0.39, 0.29) is 0 Å². The van der Waals surface area contributed by atoms with Crippen molar-refractivity contribution in [1.29, 1.82) is 0 Å². The first-order valence-corrected chi connectivity index (χ1v) is 7.39. The topological polar surface area (TPSA) is 37.8 Å². The van der Waals surface area contributed by atoms with E-state index in [1.54, 1.807) is 6.33 Å². The van der Waals surface area contributed by atoms with E-state index in [1.165, 1.54) is 5.56 Å². The Balaban J connectivity index is 2.52. The van der Waals surface area contributed by atoms with Gasteiger partial charge in [0, 0.05) is 22.1 Å². The van der Waals surface area contributed by atoms with Crippen LogP contribution in [0.15, 0.2) is 35.1 Å². The number of benzene rings is 1. The van der Waals surface area contributed by atoms with E-state index >= 15 is 0 Å². The molecule has 0 aliphatic rings. The lowest BCUT2D eigenvalue weighted by Crippen LogP contribution is -2.06. The van der Waals surface area contributed by atoms with Gasteiger partial charge in [-0.05, 0) is 25.5 Å².